The minimum Gasteiger partial charge on any atom is -0.310 e. The number of benzene rings is 1. The van der Waals surface area contributed by atoms with Crippen LogP contribution in [0.4, 0.5) is 10.5 Å². The van der Waals surface area contributed by atoms with E-state index in [2.05, 4.69) is 5.32 Å². The lowest BCUT2D eigenvalue weighted by molar-refractivity contribution is -0.135. The number of anilines is 1. The Morgan fingerprint density at radius 1 is 1.31 bits per heavy atom. The molecule has 0 unspecified atom stereocenters. The van der Waals surface area contributed by atoms with E-state index in [-0.39, 0.29) is 24.3 Å². The molecule has 0 aromatic heterocycles. The molecule has 0 bridgehead atoms. The molecule has 0 saturated carbocycles. The summed E-state index contributed by atoms with van der Waals surface area (Å²) in [7, 11) is 1.27. The highest BCUT2D eigenvalue weighted by atomic mass is 35.5. The quantitative estimate of drug-likeness (QED) is 0.813. The van der Waals surface area contributed by atoms with Crippen molar-refractivity contribution in [2.45, 2.75) is 33.6 Å². The van der Waals surface area contributed by atoms with E-state index in [0.717, 1.165) is 22.7 Å². The fraction of sp³-hybridized carbons (Fsp3) is 0.500. The molecule has 1 aliphatic heterocycles. The molecule has 1 aliphatic rings. The Kier molecular flexibility index (Phi) is 6.26. The number of hydrogen-bond donors (Lipinski definition) is 1. The standard InChI is InChI=1S/C18H24ClN3O4/c1-18(2,3)10-15(23)20-17(25)22(26-4)11-16(24)21-8-7-12-5-6-13(19)9-14(12)21/h5-6,9H,7-8,10-11H2,1-4H3,(H,20,23,25). The van der Waals surface area contributed by atoms with Gasteiger partial charge in [-0.3, -0.25) is 19.7 Å². The predicted molar refractivity (Wildman–Crippen MR) is 98.8 cm³/mol. The maximum absolute atomic E-state index is 12.6. The van der Waals surface area contributed by atoms with Crippen molar-refractivity contribution in [3.63, 3.8) is 0 Å². The van der Waals surface area contributed by atoms with Crippen molar-refractivity contribution >= 4 is 35.1 Å². The third kappa shape index (κ3) is 5.19. The van der Waals surface area contributed by atoms with Gasteiger partial charge in [0.05, 0.1) is 7.11 Å². The summed E-state index contributed by atoms with van der Waals surface area (Å²) < 4.78 is 0. The highest BCUT2D eigenvalue weighted by molar-refractivity contribution is 6.31. The minimum absolute atomic E-state index is 0.183. The van der Waals surface area contributed by atoms with E-state index in [1.165, 1.54) is 7.11 Å². The average molecular weight is 382 g/mol. The summed E-state index contributed by atoms with van der Waals surface area (Å²) in [5.74, 6) is -0.735. The van der Waals surface area contributed by atoms with Gasteiger partial charge in [0.1, 0.15) is 6.54 Å². The van der Waals surface area contributed by atoms with Gasteiger partial charge in [-0.05, 0) is 29.5 Å². The summed E-state index contributed by atoms with van der Waals surface area (Å²) in [6.45, 7) is 5.88. The van der Waals surface area contributed by atoms with Gasteiger partial charge in [-0.2, -0.15) is 5.06 Å². The second kappa shape index (κ2) is 8.05. The molecule has 142 valence electrons. The maximum Gasteiger partial charge on any atom is 0.348 e. The highest BCUT2D eigenvalue weighted by Crippen LogP contribution is 2.30. The number of amides is 4. The number of halogens is 1. The van der Waals surface area contributed by atoms with Crippen LogP contribution in [0.25, 0.3) is 0 Å². The molecule has 0 fully saturated rings. The molecule has 26 heavy (non-hydrogen) atoms. The molecule has 1 aromatic carbocycles. The van der Waals surface area contributed by atoms with E-state index in [1.807, 2.05) is 26.8 Å². The monoisotopic (exact) mass is 381 g/mol. The zero-order valence-corrected chi connectivity index (χ0v) is 16.2. The molecule has 8 heteroatoms. The topological polar surface area (TPSA) is 79.0 Å². The van der Waals surface area contributed by atoms with Crippen LogP contribution in [-0.2, 0) is 20.8 Å². The van der Waals surface area contributed by atoms with Crippen molar-refractivity contribution < 1.29 is 19.2 Å². The Morgan fingerprint density at radius 3 is 2.62 bits per heavy atom. The van der Waals surface area contributed by atoms with Gasteiger partial charge >= 0.3 is 6.03 Å². The van der Waals surface area contributed by atoms with Crippen molar-refractivity contribution in [1.29, 1.82) is 0 Å². The molecule has 2 rings (SSSR count). The fourth-order valence-electron chi connectivity index (χ4n) is 2.75. The number of hydrogen-bond acceptors (Lipinski definition) is 4. The van der Waals surface area contributed by atoms with Crippen LogP contribution in [-0.4, -0.2) is 43.1 Å². The van der Waals surface area contributed by atoms with E-state index in [4.69, 9.17) is 16.4 Å². The predicted octanol–water partition coefficient (Wildman–Crippen LogP) is 2.76. The average Bonchev–Trinajstić information content (AvgIpc) is 2.93. The molecule has 0 aliphatic carbocycles. The largest absolute Gasteiger partial charge is 0.348 e. The molecular weight excluding hydrogens is 358 g/mol. The highest BCUT2D eigenvalue weighted by Gasteiger charge is 2.28. The number of nitrogens with zero attached hydrogens (tertiary/aromatic N) is 2. The molecule has 0 saturated heterocycles. The van der Waals surface area contributed by atoms with Gasteiger partial charge in [0.25, 0.3) is 0 Å². The first-order valence-corrected chi connectivity index (χ1v) is 8.73. The van der Waals surface area contributed by atoms with Crippen LogP contribution in [0.3, 0.4) is 0 Å². The Morgan fingerprint density at radius 2 is 2.00 bits per heavy atom. The summed E-state index contributed by atoms with van der Waals surface area (Å²) in [6.07, 6.45) is 0.906. The third-order valence-electron chi connectivity index (χ3n) is 3.91. The summed E-state index contributed by atoms with van der Waals surface area (Å²) in [5.41, 5.74) is 1.51. The lowest BCUT2D eigenvalue weighted by Crippen LogP contribution is -2.48. The van der Waals surface area contributed by atoms with Gasteiger partial charge in [-0.25, -0.2) is 4.79 Å². The zero-order valence-electron chi connectivity index (χ0n) is 15.5. The van der Waals surface area contributed by atoms with Gasteiger partial charge < -0.3 is 4.90 Å². The van der Waals surface area contributed by atoms with Crippen LogP contribution in [0.2, 0.25) is 5.02 Å². The van der Waals surface area contributed by atoms with Gasteiger partial charge in [0.15, 0.2) is 0 Å². The smallest absolute Gasteiger partial charge is 0.310 e. The number of carbonyl (C=O) groups is 3. The van der Waals surface area contributed by atoms with Crippen molar-refractivity contribution in [2.75, 3.05) is 25.1 Å². The second-order valence-electron chi connectivity index (χ2n) is 7.38. The van der Waals surface area contributed by atoms with E-state index in [0.29, 0.717) is 11.6 Å². The lowest BCUT2D eigenvalue weighted by Gasteiger charge is -2.24. The van der Waals surface area contributed by atoms with E-state index >= 15 is 0 Å². The zero-order chi connectivity index (χ0) is 19.5. The second-order valence-corrected chi connectivity index (χ2v) is 7.81. The van der Waals surface area contributed by atoms with Crippen LogP contribution in [0.1, 0.15) is 32.8 Å². The normalized spacial score (nSPS) is 13.3. The molecule has 4 amide bonds. The van der Waals surface area contributed by atoms with Gasteiger partial charge in [0.2, 0.25) is 11.8 Å². The van der Waals surface area contributed by atoms with E-state index in [1.54, 1.807) is 17.0 Å². The van der Waals surface area contributed by atoms with Crippen molar-refractivity contribution in [2.24, 2.45) is 5.41 Å². The van der Waals surface area contributed by atoms with Crippen LogP contribution in [0.15, 0.2) is 18.2 Å². The minimum atomic E-state index is -0.763. The molecule has 1 heterocycles. The Labute approximate surface area is 158 Å². The molecule has 1 N–H and O–H groups in total. The van der Waals surface area contributed by atoms with E-state index in [9.17, 15) is 14.4 Å². The maximum atomic E-state index is 12.6. The summed E-state index contributed by atoms with van der Waals surface area (Å²) in [6, 6.07) is 4.63. The summed E-state index contributed by atoms with van der Waals surface area (Å²) in [5, 5.41) is 3.62. The first-order valence-electron chi connectivity index (χ1n) is 8.35. The third-order valence-corrected chi connectivity index (χ3v) is 4.14. The molecule has 0 radical (unpaired) electrons. The fourth-order valence-corrected chi connectivity index (χ4v) is 2.91. The number of fused-ring (bicyclic) bond motifs is 1. The molecule has 1 aromatic rings. The Balaban J connectivity index is 2.00. The van der Waals surface area contributed by atoms with Gasteiger partial charge in [-0.15, -0.1) is 0 Å². The lowest BCUT2D eigenvalue weighted by atomic mass is 9.92. The Bertz CT molecular complexity index is 715. The number of imide groups is 1. The number of nitrogens with one attached hydrogen (secondary N) is 1. The first-order chi connectivity index (χ1) is 12.1. The molecule has 0 atom stereocenters. The van der Waals surface area contributed by atoms with Crippen LogP contribution in [0, 0.1) is 5.41 Å². The van der Waals surface area contributed by atoms with Gasteiger partial charge in [-0.1, -0.05) is 38.4 Å². The van der Waals surface area contributed by atoms with Crippen LogP contribution < -0.4 is 10.2 Å². The van der Waals surface area contributed by atoms with Gasteiger partial charge in [0, 0.05) is 23.7 Å². The number of carbonyl (C=O) groups excluding carboxylic acids is 3. The summed E-state index contributed by atoms with van der Waals surface area (Å²) in [4.78, 5) is 43.3. The Hall–Kier alpha value is -2.12. The van der Waals surface area contributed by atoms with Crippen LogP contribution >= 0.6 is 11.6 Å². The molecule has 7 nitrogen and oxygen atoms in total. The van der Waals surface area contributed by atoms with E-state index < -0.39 is 11.9 Å². The SMILES string of the molecule is CON(CC(=O)N1CCc2ccc(Cl)cc21)C(=O)NC(=O)CC(C)(C)C. The summed E-state index contributed by atoms with van der Waals surface area (Å²) >= 11 is 6.01. The number of hydroxylamine groups is 2. The first kappa shape index (κ1) is 20.2. The van der Waals surface area contributed by atoms with Crippen molar-refractivity contribution in [1.82, 2.24) is 10.4 Å². The number of urea groups is 1. The number of rotatable bonds is 4. The van der Waals surface area contributed by atoms with Crippen molar-refractivity contribution in [3.05, 3.63) is 28.8 Å². The molecule has 0 spiro atoms. The van der Waals surface area contributed by atoms with Crippen LogP contribution in [0.5, 0.6) is 0 Å². The van der Waals surface area contributed by atoms with Crippen molar-refractivity contribution in [3.8, 4) is 0 Å². The molecular formula is C18H24ClN3O4.